The first kappa shape index (κ1) is 17.0. The molecule has 1 saturated heterocycles. The quantitative estimate of drug-likeness (QED) is 0.888. The number of nitrogens with zero attached hydrogens (tertiary/aromatic N) is 1. The lowest BCUT2D eigenvalue weighted by Gasteiger charge is -2.30. The zero-order chi connectivity index (χ0) is 16.9. The molecule has 3 rings (SSSR count). The highest BCUT2D eigenvalue weighted by Gasteiger charge is 2.23. The molecule has 5 nitrogen and oxygen atoms in total. The normalized spacial score (nSPS) is 21.7. The summed E-state index contributed by atoms with van der Waals surface area (Å²) in [6.45, 7) is 1.95. The first-order valence-corrected chi connectivity index (χ1v) is 9.05. The van der Waals surface area contributed by atoms with Crippen molar-refractivity contribution < 1.29 is 9.59 Å². The van der Waals surface area contributed by atoms with Gasteiger partial charge >= 0.3 is 0 Å². The van der Waals surface area contributed by atoms with Crippen molar-refractivity contribution in [2.24, 2.45) is 11.7 Å². The van der Waals surface area contributed by atoms with E-state index in [2.05, 4.69) is 5.32 Å². The van der Waals surface area contributed by atoms with Crippen LogP contribution in [-0.2, 0) is 11.3 Å². The van der Waals surface area contributed by atoms with E-state index < -0.39 is 0 Å². The van der Waals surface area contributed by atoms with E-state index in [1.54, 1.807) is 0 Å². The second kappa shape index (κ2) is 7.79. The minimum absolute atomic E-state index is 0.0479. The average Bonchev–Trinajstić information content (AvgIpc) is 3.14. The van der Waals surface area contributed by atoms with Crippen LogP contribution in [0.3, 0.4) is 0 Å². The van der Waals surface area contributed by atoms with Gasteiger partial charge in [-0.1, -0.05) is 25.0 Å². The molecular formula is C19H27N3O2. The van der Waals surface area contributed by atoms with E-state index in [9.17, 15) is 9.59 Å². The molecule has 1 aromatic carbocycles. The lowest BCUT2D eigenvalue weighted by Crippen LogP contribution is -2.45. The minimum atomic E-state index is 0.0479. The summed E-state index contributed by atoms with van der Waals surface area (Å²) in [4.78, 5) is 26.4. The van der Waals surface area contributed by atoms with Crippen LogP contribution in [0.15, 0.2) is 24.3 Å². The van der Waals surface area contributed by atoms with Gasteiger partial charge in [0.25, 0.3) is 5.91 Å². The van der Waals surface area contributed by atoms with Crippen molar-refractivity contribution in [3.05, 3.63) is 35.4 Å². The average molecular weight is 329 g/mol. The first-order chi connectivity index (χ1) is 11.6. The topological polar surface area (TPSA) is 75.4 Å². The summed E-state index contributed by atoms with van der Waals surface area (Å²) in [6.07, 6.45) is 6.31. The fraction of sp³-hybridized carbons (Fsp3) is 0.579. The molecule has 0 bridgehead atoms. The largest absolute Gasteiger partial charge is 0.352 e. The van der Waals surface area contributed by atoms with Crippen molar-refractivity contribution in [1.82, 2.24) is 10.2 Å². The molecule has 2 aliphatic rings. The molecule has 1 aliphatic carbocycles. The Bertz CT molecular complexity index is 579. The predicted octanol–water partition coefficient (Wildman–Crippen LogP) is 2.06. The SMILES string of the molecule is NC1CCCN(C(=O)c2ccc(CNC(=O)C3CCCC3)cc2)C1. The van der Waals surface area contributed by atoms with Crippen LogP contribution >= 0.6 is 0 Å². The van der Waals surface area contributed by atoms with Crippen molar-refractivity contribution in [2.75, 3.05) is 13.1 Å². The van der Waals surface area contributed by atoms with E-state index in [-0.39, 0.29) is 23.8 Å². The summed E-state index contributed by atoms with van der Waals surface area (Å²) in [6, 6.07) is 7.63. The number of hydrogen-bond acceptors (Lipinski definition) is 3. The molecule has 3 N–H and O–H groups in total. The molecule has 24 heavy (non-hydrogen) atoms. The molecule has 1 aliphatic heterocycles. The van der Waals surface area contributed by atoms with Crippen molar-refractivity contribution in [1.29, 1.82) is 0 Å². The van der Waals surface area contributed by atoms with Gasteiger partial charge in [-0.15, -0.1) is 0 Å². The van der Waals surface area contributed by atoms with Crippen molar-refractivity contribution >= 4 is 11.8 Å². The van der Waals surface area contributed by atoms with Gasteiger partial charge in [0.15, 0.2) is 0 Å². The molecule has 1 heterocycles. The molecule has 130 valence electrons. The zero-order valence-electron chi connectivity index (χ0n) is 14.2. The number of carbonyl (C=O) groups excluding carboxylic acids is 2. The molecule has 2 amide bonds. The maximum absolute atomic E-state index is 12.5. The smallest absolute Gasteiger partial charge is 0.253 e. The third-order valence-electron chi connectivity index (χ3n) is 5.14. The molecule has 1 unspecified atom stereocenters. The molecule has 0 spiro atoms. The van der Waals surface area contributed by atoms with Crippen molar-refractivity contribution in [3.63, 3.8) is 0 Å². The Morgan fingerprint density at radius 2 is 1.79 bits per heavy atom. The molecule has 0 radical (unpaired) electrons. The van der Waals surface area contributed by atoms with Crippen LogP contribution in [0.4, 0.5) is 0 Å². The highest BCUT2D eigenvalue weighted by molar-refractivity contribution is 5.94. The summed E-state index contributed by atoms with van der Waals surface area (Å²) >= 11 is 0. The van der Waals surface area contributed by atoms with Gasteiger partial charge in [0.2, 0.25) is 5.91 Å². The van der Waals surface area contributed by atoms with E-state index in [1.165, 1.54) is 0 Å². The number of piperidine rings is 1. The summed E-state index contributed by atoms with van der Waals surface area (Å²) in [5, 5.41) is 3.01. The lowest BCUT2D eigenvalue weighted by atomic mass is 10.0. The summed E-state index contributed by atoms with van der Waals surface area (Å²) in [5.41, 5.74) is 7.66. The lowest BCUT2D eigenvalue weighted by molar-refractivity contribution is -0.124. The van der Waals surface area contributed by atoms with Crippen LogP contribution in [0, 0.1) is 5.92 Å². The highest BCUT2D eigenvalue weighted by atomic mass is 16.2. The first-order valence-electron chi connectivity index (χ1n) is 9.05. The molecule has 1 aromatic rings. The maximum Gasteiger partial charge on any atom is 0.253 e. The number of rotatable bonds is 4. The Morgan fingerprint density at radius 3 is 2.46 bits per heavy atom. The third-order valence-corrected chi connectivity index (χ3v) is 5.14. The standard InChI is InChI=1S/C19H27N3O2/c20-17-6-3-11-22(13-17)19(24)16-9-7-14(8-10-16)12-21-18(23)15-4-1-2-5-15/h7-10,15,17H,1-6,11-13,20H2,(H,21,23). The Labute approximate surface area is 143 Å². The number of likely N-dealkylation sites (tertiary alicyclic amines) is 1. The number of nitrogens with two attached hydrogens (primary N) is 1. The van der Waals surface area contributed by atoms with Gasteiger partial charge in [0, 0.05) is 37.2 Å². The number of hydrogen-bond donors (Lipinski definition) is 2. The predicted molar refractivity (Wildman–Crippen MR) is 93.4 cm³/mol. The van der Waals surface area contributed by atoms with E-state index in [1.807, 2.05) is 29.2 Å². The van der Waals surface area contributed by atoms with Gasteiger partial charge in [-0.3, -0.25) is 9.59 Å². The highest BCUT2D eigenvalue weighted by Crippen LogP contribution is 2.24. The zero-order valence-corrected chi connectivity index (χ0v) is 14.2. The number of benzene rings is 1. The molecule has 5 heteroatoms. The van der Waals surface area contributed by atoms with Gasteiger partial charge in [-0.2, -0.15) is 0 Å². The second-order valence-corrected chi connectivity index (χ2v) is 7.05. The van der Waals surface area contributed by atoms with E-state index >= 15 is 0 Å². The van der Waals surface area contributed by atoms with Gasteiger partial charge in [0.05, 0.1) is 0 Å². The van der Waals surface area contributed by atoms with Crippen molar-refractivity contribution in [3.8, 4) is 0 Å². The minimum Gasteiger partial charge on any atom is -0.352 e. The maximum atomic E-state index is 12.5. The van der Waals surface area contributed by atoms with Crippen LogP contribution in [0.2, 0.25) is 0 Å². The number of carbonyl (C=O) groups is 2. The fourth-order valence-electron chi connectivity index (χ4n) is 3.66. The van der Waals surface area contributed by atoms with Crippen molar-refractivity contribution in [2.45, 2.75) is 51.1 Å². The summed E-state index contributed by atoms with van der Waals surface area (Å²) in [7, 11) is 0. The molecule has 0 aromatic heterocycles. The van der Waals surface area contributed by atoms with Crippen LogP contribution in [0.5, 0.6) is 0 Å². The van der Waals surface area contributed by atoms with Gasteiger partial charge in [0.1, 0.15) is 0 Å². The monoisotopic (exact) mass is 329 g/mol. The Morgan fingerprint density at radius 1 is 1.08 bits per heavy atom. The van der Waals surface area contributed by atoms with E-state index in [4.69, 9.17) is 5.73 Å². The van der Waals surface area contributed by atoms with Crippen LogP contribution in [0.25, 0.3) is 0 Å². The van der Waals surface area contributed by atoms with Gasteiger partial charge in [-0.25, -0.2) is 0 Å². The fourth-order valence-corrected chi connectivity index (χ4v) is 3.66. The molecule has 1 atom stereocenters. The second-order valence-electron chi connectivity index (χ2n) is 7.05. The Balaban J connectivity index is 1.53. The number of amides is 2. The van der Waals surface area contributed by atoms with Crippen LogP contribution < -0.4 is 11.1 Å². The van der Waals surface area contributed by atoms with Gasteiger partial charge in [-0.05, 0) is 43.4 Å². The Kier molecular flexibility index (Phi) is 5.51. The summed E-state index contributed by atoms with van der Waals surface area (Å²) < 4.78 is 0. The number of nitrogens with one attached hydrogen (secondary N) is 1. The van der Waals surface area contributed by atoms with Gasteiger partial charge < -0.3 is 16.0 Å². The third kappa shape index (κ3) is 4.15. The Hall–Kier alpha value is -1.88. The molecular weight excluding hydrogens is 302 g/mol. The van der Waals surface area contributed by atoms with Crippen LogP contribution in [0.1, 0.15) is 54.4 Å². The molecule has 2 fully saturated rings. The summed E-state index contributed by atoms with van der Waals surface area (Å²) in [5.74, 6) is 0.399. The van der Waals surface area contributed by atoms with E-state index in [0.29, 0.717) is 18.7 Å². The van der Waals surface area contributed by atoms with E-state index in [0.717, 1.165) is 50.6 Å². The molecule has 1 saturated carbocycles. The van der Waals surface area contributed by atoms with Crippen LogP contribution in [-0.4, -0.2) is 35.8 Å².